The van der Waals surface area contributed by atoms with Crippen molar-refractivity contribution in [1.29, 1.82) is 0 Å². The number of aromatic nitrogens is 2. The number of carbonyl (C=O) groups is 1. The van der Waals surface area contributed by atoms with E-state index >= 15 is 0 Å². The molecule has 0 atom stereocenters. The van der Waals surface area contributed by atoms with E-state index in [0.29, 0.717) is 26.9 Å². The molecule has 0 spiro atoms. The highest BCUT2D eigenvalue weighted by Crippen LogP contribution is 2.35. The number of hydrogen-bond donors (Lipinski definition) is 0. The number of carbonyl (C=O) groups excluding carboxylic acids is 1. The number of methoxy groups -OCH3 is 1. The van der Waals surface area contributed by atoms with Crippen molar-refractivity contribution in [3.05, 3.63) is 81.8 Å². The SMILES string of the molecule is COc1ccc(C2=N/C(=C\c3ccc(Sc4nccn4C)c([N+](=O)[O-])c3)C(=O)O2)cc1. The summed E-state index contributed by atoms with van der Waals surface area (Å²) in [6.45, 7) is 0. The number of benzene rings is 2. The van der Waals surface area contributed by atoms with Gasteiger partial charge in [0.05, 0.1) is 16.9 Å². The highest BCUT2D eigenvalue weighted by Gasteiger charge is 2.25. The normalized spacial score (nSPS) is 14.5. The van der Waals surface area contributed by atoms with Crippen molar-refractivity contribution >= 4 is 35.4 Å². The monoisotopic (exact) mass is 436 g/mol. The van der Waals surface area contributed by atoms with Crippen molar-refractivity contribution in [2.24, 2.45) is 12.0 Å². The number of imidazole rings is 1. The van der Waals surface area contributed by atoms with Crippen molar-refractivity contribution in [3.63, 3.8) is 0 Å². The maximum Gasteiger partial charge on any atom is 0.363 e. The topological polar surface area (TPSA) is 109 Å². The van der Waals surface area contributed by atoms with Crippen molar-refractivity contribution in [2.75, 3.05) is 7.11 Å². The van der Waals surface area contributed by atoms with Gasteiger partial charge in [-0.1, -0.05) is 6.07 Å². The van der Waals surface area contributed by atoms with Gasteiger partial charge in [0, 0.05) is 31.1 Å². The predicted molar refractivity (Wildman–Crippen MR) is 114 cm³/mol. The molecular formula is C21H16N4O5S. The maximum absolute atomic E-state index is 12.2. The van der Waals surface area contributed by atoms with Gasteiger partial charge in [-0.25, -0.2) is 14.8 Å². The molecule has 10 heteroatoms. The molecule has 0 N–H and O–H groups in total. The first kappa shape index (κ1) is 20.4. The molecule has 31 heavy (non-hydrogen) atoms. The van der Waals surface area contributed by atoms with Crippen LogP contribution >= 0.6 is 11.8 Å². The number of nitro benzene ring substituents is 1. The Morgan fingerprint density at radius 2 is 2.00 bits per heavy atom. The summed E-state index contributed by atoms with van der Waals surface area (Å²) in [5.41, 5.74) is 1.05. The van der Waals surface area contributed by atoms with Gasteiger partial charge in [0.25, 0.3) is 5.69 Å². The molecule has 2 aromatic carbocycles. The summed E-state index contributed by atoms with van der Waals surface area (Å²) in [5.74, 6) is 0.204. The number of ether oxygens (including phenoxy) is 2. The smallest absolute Gasteiger partial charge is 0.363 e. The van der Waals surface area contributed by atoms with Crippen LogP contribution in [0, 0.1) is 10.1 Å². The number of hydrogen-bond acceptors (Lipinski definition) is 8. The molecule has 4 rings (SSSR count). The van der Waals surface area contributed by atoms with Crippen LogP contribution in [-0.4, -0.2) is 33.5 Å². The highest BCUT2D eigenvalue weighted by molar-refractivity contribution is 7.99. The maximum atomic E-state index is 12.2. The largest absolute Gasteiger partial charge is 0.497 e. The molecule has 156 valence electrons. The second-order valence-corrected chi connectivity index (χ2v) is 7.48. The molecule has 1 aliphatic heterocycles. The summed E-state index contributed by atoms with van der Waals surface area (Å²) in [5, 5.41) is 12.2. The summed E-state index contributed by atoms with van der Waals surface area (Å²) < 4.78 is 12.1. The lowest BCUT2D eigenvalue weighted by Gasteiger charge is -2.04. The zero-order valence-electron chi connectivity index (χ0n) is 16.5. The van der Waals surface area contributed by atoms with E-state index in [4.69, 9.17) is 9.47 Å². The van der Waals surface area contributed by atoms with Crippen molar-refractivity contribution in [3.8, 4) is 5.75 Å². The third-order valence-corrected chi connectivity index (χ3v) is 5.56. The Labute approximate surface area is 181 Å². The van der Waals surface area contributed by atoms with Gasteiger partial charge in [-0.2, -0.15) is 0 Å². The molecule has 9 nitrogen and oxygen atoms in total. The molecular weight excluding hydrogens is 420 g/mol. The molecule has 0 bridgehead atoms. The molecule has 3 aromatic rings. The highest BCUT2D eigenvalue weighted by atomic mass is 32.2. The quantitative estimate of drug-likeness (QED) is 0.250. The van der Waals surface area contributed by atoms with Gasteiger partial charge >= 0.3 is 5.97 Å². The zero-order valence-corrected chi connectivity index (χ0v) is 17.3. The number of aliphatic imine (C=N–C) groups is 1. The van der Waals surface area contributed by atoms with Crippen LogP contribution < -0.4 is 4.74 Å². The lowest BCUT2D eigenvalue weighted by Crippen LogP contribution is -2.05. The van der Waals surface area contributed by atoms with E-state index in [0.717, 1.165) is 0 Å². The molecule has 2 heterocycles. The Morgan fingerprint density at radius 1 is 1.23 bits per heavy atom. The average molecular weight is 436 g/mol. The third kappa shape index (κ3) is 4.33. The molecule has 0 amide bonds. The van der Waals surface area contributed by atoms with Gasteiger partial charge in [-0.15, -0.1) is 0 Å². The van der Waals surface area contributed by atoms with Crippen LogP contribution in [0.3, 0.4) is 0 Å². The summed E-state index contributed by atoms with van der Waals surface area (Å²) in [6.07, 6.45) is 4.84. The van der Waals surface area contributed by atoms with Crippen LogP contribution in [0.2, 0.25) is 0 Å². The number of aryl methyl sites for hydroxylation is 1. The molecule has 0 saturated carbocycles. The fraction of sp³-hybridized carbons (Fsp3) is 0.0952. The van der Waals surface area contributed by atoms with Crippen LogP contribution in [0.15, 0.2) is 75.6 Å². The van der Waals surface area contributed by atoms with Crippen LogP contribution in [0.1, 0.15) is 11.1 Å². The van der Waals surface area contributed by atoms with E-state index in [2.05, 4.69) is 9.98 Å². The van der Waals surface area contributed by atoms with Crippen LogP contribution in [0.4, 0.5) is 5.69 Å². The standard InChI is InChI=1S/C21H16N4O5S/c1-24-10-9-22-21(24)31-18-8-3-13(12-17(18)25(27)28)11-16-20(26)30-19(23-16)14-4-6-15(29-2)7-5-14/h3-12H,1-2H3/b16-11-. The van der Waals surface area contributed by atoms with E-state index in [9.17, 15) is 14.9 Å². The van der Waals surface area contributed by atoms with E-state index in [1.807, 2.05) is 7.05 Å². The number of nitro groups is 1. The molecule has 1 aromatic heterocycles. The van der Waals surface area contributed by atoms with Gasteiger partial charge in [0.1, 0.15) is 5.75 Å². The van der Waals surface area contributed by atoms with E-state index < -0.39 is 10.9 Å². The Hall–Kier alpha value is -3.92. The summed E-state index contributed by atoms with van der Waals surface area (Å²) >= 11 is 1.19. The van der Waals surface area contributed by atoms with Crippen molar-refractivity contribution in [2.45, 2.75) is 10.1 Å². The Bertz CT molecular complexity index is 1230. The first-order chi connectivity index (χ1) is 14.9. The van der Waals surface area contributed by atoms with Gasteiger partial charge in [-0.05, 0) is 53.7 Å². The number of esters is 1. The van der Waals surface area contributed by atoms with Gasteiger partial charge in [-0.3, -0.25) is 10.1 Å². The fourth-order valence-electron chi connectivity index (χ4n) is 2.83. The fourth-order valence-corrected chi connectivity index (χ4v) is 3.72. The minimum atomic E-state index is -0.625. The minimum Gasteiger partial charge on any atom is -0.497 e. The van der Waals surface area contributed by atoms with Crippen LogP contribution in [-0.2, 0) is 16.6 Å². The van der Waals surface area contributed by atoms with Gasteiger partial charge in [0.15, 0.2) is 10.9 Å². The number of nitrogens with zero attached hydrogens (tertiary/aromatic N) is 4. The Morgan fingerprint density at radius 3 is 2.65 bits per heavy atom. The zero-order chi connectivity index (χ0) is 22.0. The third-order valence-electron chi connectivity index (χ3n) is 4.42. The lowest BCUT2D eigenvalue weighted by molar-refractivity contribution is -0.387. The molecule has 0 fully saturated rings. The molecule has 0 saturated heterocycles. The van der Waals surface area contributed by atoms with Crippen molar-refractivity contribution < 1.29 is 19.2 Å². The van der Waals surface area contributed by atoms with E-state index in [1.165, 1.54) is 23.9 Å². The second kappa shape index (κ2) is 8.44. The first-order valence-corrected chi connectivity index (χ1v) is 9.87. The second-order valence-electron chi connectivity index (χ2n) is 6.47. The predicted octanol–water partition coefficient (Wildman–Crippen LogP) is 3.83. The van der Waals surface area contributed by atoms with Gasteiger partial charge in [0.2, 0.25) is 5.90 Å². The number of cyclic esters (lactones) is 1. The number of rotatable bonds is 6. The lowest BCUT2D eigenvalue weighted by atomic mass is 10.1. The summed E-state index contributed by atoms with van der Waals surface area (Å²) in [6, 6.07) is 11.6. The summed E-state index contributed by atoms with van der Waals surface area (Å²) in [7, 11) is 3.37. The van der Waals surface area contributed by atoms with Crippen LogP contribution in [0.5, 0.6) is 5.75 Å². The van der Waals surface area contributed by atoms with Gasteiger partial charge < -0.3 is 14.0 Å². The van der Waals surface area contributed by atoms with Crippen molar-refractivity contribution in [1.82, 2.24) is 9.55 Å². The average Bonchev–Trinajstić information content (AvgIpc) is 3.34. The minimum absolute atomic E-state index is 0.0598. The molecule has 1 aliphatic rings. The Kier molecular flexibility index (Phi) is 5.54. The molecule has 0 unspecified atom stereocenters. The van der Waals surface area contributed by atoms with Crippen LogP contribution in [0.25, 0.3) is 6.08 Å². The van der Waals surface area contributed by atoms with E-state index in [-0.39, 0.29) is 17.3 Å². The Balaban J connectivity index is 1.63. The molecule has 0 aliphatic carbocycles. The molecule has 0 radical (unpaired) electrons. The van der Waals surface area contributed by atoms with E-state index in [1.54, 1.807) is 60.5 Å². The summed E-state index contributed by atoms with van der Waals surface area (Å²) in [4.78, 5) is 32.2. The first-order valence-electron chi connectivity index (χ1n) is 9.05.